The molecule has 0 spiro atoms. The molecular weight excluding hydrogens is 242 g/mol. The van der Waals surface area contributed by atoms with Crippen molar-refractivity contribution in [3.63, 3.8) is 0 Å². The maximum atomic E-state index is 11.1. The Bertz CT molecular complexity index is 421. The summed E-state index contributed by atoms with van der Waals surface area (Å²) in [4.78, 5) is 15.1. The van der Waals surface area contributed by atoms with E-state index in [1.165, 1.54) is 31.5 Å². The van der Waals surface area contributed by atoms with E-state index in [1.54, 1.807) is 0 Å². The second kappa shape index (κ2) is 7.61. The lowest BCUT2D eigenvalue weighted by Crippen LogP contribution is -2.18. The van der Waals surface area contributed by atoms with Crippen LogP contribution in [-0.2, 0) is 0 Å². The van der Waals surface area contributed by atoms with E-state index in [0.717, 1.165) is 12.8 Å². The Morgan fingerprint density at radius 3 is 2.84 bits per heavy atom. The average molecular weight is 265 g/mol. The molecule has 0 fully saturated rings. The third-order valence-electron chi connectivity index (χ3n) is 3.05. The van der Waals surface area contributed by atoms with Crippen molar-refractivity contribution in [3.8, 4) is 0 Å². The molecule has 1 aromatic heterocycles. The number of nitrogens with two attached hydrogens (primary N) is 1. The molecule has 0 amide bonds. The molecule has 0 bridgehead atoms. The van der Waals surface area contributed by atoms with Crippen molar-refractivity contribution in [2.75, 3.05) is 11.1 Å². The summed E-state index contributed by atoms with van der Waals surface area (Å²) in [5.41, 5.74) is 6.21. The number of carboxylic acid groups (broad SMARTS) is 1. The van der Waals surface area contributed by atoms with E-state index in [4.69, 9.17) is 10.8 Å². The first-order valence-electron chi connectivity index (χ1n) is 6.80. The zero-order valence-electron chi connectivity index (χ0n) is 11.6. The molecule has 4 N–H and O–H groups in total. The number of aromatic nitrogens is 1. The van der Waals surface area contributed by atoms with Gasteiger partial charge in [0.05, 0.1) is 17.4 Å². The molecule has 106 valence electrons. The molecule has 1 unspecified atom stereocenters. The molecule has 5 nitrogen and oxygen atoms in total. The molecule has 0 aliphatic rings. The molecule has 0 saturated heterocycles. The van der Waals surface area contributed by atoms with Crippen LogP contribution >= 0.6 is 0 Å². The van der Waals surface area contributed by atoms with E-state index in [0.29, 0.717) is 5.69 Å². The number of unbranched alkanes of at least 4 members (excludes halogenated alkanes) is 3. The van der Waals surface area contributed by atoms with Gasteiger partial charge in [-0.3, -0.25) is 0 Å². The number of nitrogens with zero attached hydrogens (tertiary/aromatic N) is 1. The number of nitrogen functional groups attached to an aromatic ring is 1. The number of pyridine rings is 1. The van der Waals surface area contributed by atoms with Gasteiger partial charge in [0.1, 0.15) is 5.82 Å². The number of anilines is 2. The fourth-order valence-corrected chi connectivity index (χ4v) is 1.98. The predicted octanol–water partition coefficient (Wildman–Crippen LogP) is 3.13. The minimum atomic E-state index is -0.991. The Kier molecular flexibility index (Phi) is 6.12. The van der Waals surface area contributed by atoms with E-state index in [1.807, 2.05) is 6.92 Å². The summed E-state index contributed by atoms with van der Waals surface area (Å²) >= 11 is 0. The van der Waals surface area contributed by atoms with Gasteiger partial charge in [-0.1, -0.05) is 32.6 Å². The van der Waals surface area contributed by atoms with Crippen LogP contribution in [0.2, 0.25) is 0 Å². The molecule has 5 heteroatoms. The topological polar surface area (TPSA) is 88.2 Å². The molecule has 19 heavy (non-hydrogen) atoms. The second-order valence-electron chi connectivity index (χ2n) is 4.85. The van der Waals surface area contributed by atoms with E-state index in [-0.39, 0.29) is 17.4 Å². The largest absolute Gasteiger partial charge is 0.478 e. The number of rotatable bonds is 8. The van der Waals surface area contributed by atoms with Crippen LogP contribution in [0.3, 0.4) is 0 Å². The van der Waals surface area contributed by atoms with Crippen LogP contribution in [0.5, 0.6) is 0 Å². The molecule has 1 rings (SSSR count). The normalized spacial score (nSPS) is 12.1. The minimum absolute atomic E-state index is 0.174. The van der Waals surface area contributed by atoms with Crippen molar-refractivity contribution < 1.29 is 9.90 Å². The lowest BCUT2D eigenvalue weighted by molar-refractivity contribution is 0.0698. The van der Waals surface area contributed by atoms with Gasteiger partial charge < -0.3 is 16.2 Å². The first-order chi connectivity index (χ1) is 9.04. The highest BCUT2D eigenvalue weighted by atomic mass is 16.4. The van der Waals surface area contributed by atoms with Gasteiger partial charge >= 0.3 is 5.97 Å². The van der Waals surface area contributed by atoms with Crippen LogP contribution in [0.15, 0.2) is 12.3 Å². The lowest BCUT2D eigenvalue weighted by atomic mass is 10.1. The van der Waals surface area contributed by atoms with Gasteiger partial charge in [-0.05, 0) is 19.4 Å². The molecule has 0 aromatic carbocycles. The van der Waals surface area contributed by atoms with Crippen LogP contribution in [0.25, 0.3) is 0 Å². The highest BCUT2D eigenvalue weighted by Crippen LogP contribution is 2.19. The summed E-state index contributed by atoms with van der Waals surface area (Å²) in [6.07, 6.45) is 7.33. The van der Waals surface area contributed by atoms with Crippen LogP contribution in [0.4, 0.5) is 11.5 Å². The zero-order valence-corrected chi connectivity index (χ0v) is 11.6. The van der Waals surface area contributed by atoms with E-state index in [2.05, 4.69) is 17.2 Å². The number of nitrogens with one attached hydrogen (secondary N) is 1. The van der Waals surface area contributed by atoms with Crippen LogP contribution < -0.4 is 11.1 Å². The van der Waals surface area contributed by atoms with Crippen molar-refractivity contribution in [1.29, 1.82) is 0 Å². The average Bonchev–Trinajstić information content (AvgIpc) is 2.36. The SMILES string of the molecule is CCCCCCC(C)Nc1cnc(N)cc1C(=O)O. The van der Waals surface area contributed by atoms with Gasteiger partial charge in [-0.25, -0.2) is 9.78 Å². The summed E-state index contributed by atoms with van der Waals surface area (Å²) in [6, 6.07) is 1.61. The fraction of sp³-hybridized carbons (Fsp3) is 0.571. The monoisotopic (exact) mass is 265 g/mol. The molecule has 1 atom stereocenters. The van der Waals surface area contributed by atoms with E-state index >= 15 is 0 Å². The summed E-state index contributed by atoms with van der Waals surface area (Å²) in [7, 11) is 0. The maximum absolute atomic E-state index is 11.1. The van der Waals surface area contributed by atoms with Crippen LogP contribution in [0.1, 0.15) is 56.3 Å². The van der Waals surface area contributed by atoms with Crippen LogP contribution in [-0.4, -0.2) is 22.1 Å². The van der Waals surface area contributed by atoms with Gasteiger partial charge in [0.15, 0.2) is 0 Å². The molecular formula is C14H23N3O2. The number of hydrogen-bond acceptors (Lipinski definition) is 4. The second-order valence-corrected chi connectivity index (χ2v) is 4.85. The Hall–Kier alpha value is -1.78. The number of carbonyl (C=O) groups is 1. The molecule has 0 saturated carbocycles. The van der Waals surface area contributed by atoms with E-state index < -0.39 is 5.97 Å². The van der Waals surface area contributed by atoms with Gasteiger partial charge in [-0.15, -0.1) is 0 Å². The predicted molar refractivity (Wildman–Crippen MR) is 77.5 cm³/mol. The molecule has 1 heterocycles. The third-order valence-corrected chi connectivity index (χ3v) is 3.05. The summed E-state index contributed by atoms with van der Waals surface area (Å²) in [5, 5.41) is 12.3. The van der Waals surface area contributed by atoms with Crippen LogP contribution in [0, 0.1) is 0 Å². The first-order valence-corrected chi connectivity index (χ1v) is 6.80. The highest BCUT2D eigenvalue weighted by Gasteiger charge is 2.13. The van der Waals surface area contributed by atoms with Crippen molar-refractivity contribution in [2.24, 2.45) is 0 Å². The number of carboxylic acids is 1. The molecule has 0 aliphatic carbocycles. The molecule has 0 aliphatic heterocycles. The summed E-state index contributed by atoms with van der Waals surface area (Å²) in [6.45, 7) is 4.23. The van der Waals surface area contributed by atoms with Gasteiger partial charge in [0.2, 0.25) is 0 Å². The van der Waals surface area contributed by atoms with E-state index in [9.17, 15) is 4.79 Å². The zero-order chi connectivity index (χ0) is 14.3. The van der Waals surface area contributed by atoms with Gasteiger partial charge in [0, 0.05) is 6.04 Å². The van der Waals surface area contributed by atoms with Crippen molar-refractivity contribution in [2.45, 2.75) is 52.0 Å². The summed E-state index contributed by atoms with van der Waals surface area (Å²) < 4.78 is 0. The Labute approximate surface area is 114 Å². The maximum Gasteiger partial charge on any atom is 0.337 e. The Balaban J connectivity index is 2.58. The first kappa shape index (κ1) is 15.3. The fourth-order valence-electron chi connectivity index (χ4n) is 1.98. The third kappa shape index (κ3) is 5.16. The number of hydrogen-bond donors (Lipinski definition) is 3. The standard InChI is InChI=1S/C14H23N3O2/c1-3-4-5-6-7-10(2)17-12-9-16-13(15)8-11(12)14(18)19/h8-10,17H,3-7H2,1-2H3,(H2,15,16)(H,18,19). The van der Waals surface area contributed by atoms with Crippen molar-refractivity contribution in [1.82, 2.24) is 4.98 Å². The smallest absolute Gasteiger partial charge is 0.337 e. The minimum Gasteiger partial charge on any atom is -0.478 e. The lowest BCUT2D eigenvalue weighted by Gasteiger charge is -2.16. The number of aromatic carboxylic acids is 1. The van der Waals surface area contributed by atoms with Gasteiger partial charge in [-0.2, -0.15) is 0 Å². The summed E-state index contributed by atoms with van der Waals surface area (Å²) in [5.74, 6) is -0.770. The quantitative estimate of drug-likeness (QED) is 0.628. The molecule has 0 radical (unpaired) electrons. The molecule has 1 aromatic rings. The highest BCUT2D eigenvalue weighted by molar-refractivity contribution is 5.94. The van der Waals surface area contributed by atoms with Crippen molar-refractivity contribution in [3.05, 3.63) is 17.8 Å². The Morgan fingerprint density at radius 2 is 2.21 bits per heavy atom. The van der Waals surface area contributed by atoms with Gasteiger partial charge in [0.25, 0.3) is 0 Å². The Morgan fingerprint density at radius 1 is 1.47 bits per heavy atom. The van der Waals surface area contributed by atoms with Crippen molar-refractivity contribution >= 4 is 17.5 Å².